The minimum Gasteiger partial charge on any atom is -0.478 e. The molecule has 106 valence electrons. The van der Waals surface area contributed by atoms with Crippen molar-refractivity contribution in [3.8, 4) is 22.0 Å². The monoisotopic (exact) mass is 303 g/mol. The number of benzene rings is 1. The maximum atomic E-state index is 13.9. The largest absolute Gasteiger partial charge is 0.478 e. The van der Waals surface area contributed by atoms with Crippen LogP contribution in [0.2, 0.25) is 0 Å². The van der Waals surface area contributed by atoms with E-state index in [1.165, 1.54) is 23.5 Å². The number of carboxylic acids is 1. The van der Waals surface area contributed by atoms with E-state index in [1.54, 1.807) is 11.4 Å². The predicted molar refractivity (Wildman–Crippen MR) is 76.9 cm³/mol. The molecule has 3 rings (SSSR count). The van der Waals surface area contributed by atoms with Crippen LogP contribution in [0.5, 0.6) is 0 Å². The normalized spacial score (nSPS) is 10.8. The summed E-state index contributed by atoms with van der Waals surface area (Å²) in [5.41, 5.74) is 1.80. The molecule has 0 saturated carbocycles. The Labute approximate surface area is 123 Å². The van der Waals surface area contributed by atoms with Gasteiger partial charge in [0.2, 0.25) is 0 Å². The highest BCUT2D eigenvalue weighted by Crippen LogP contribution is 2.31. The fourth-order valence-electron chi connectivity index (χ4n) is 1.89. The van der Waals surface area contributed by atoms with Crippen molar-refractivity contribution in [1.82, 2.24) is 4.98 Å². The maximum Gasteiger partial charge on any atom is 0.338 e. The van der Waals surface area contributed by atoms with Crippen molar-refractivity contribution in [2.75, 3.05) is 0 Å². The molecule has 6 heteroatoms. The third-order valence-corrected chi connectivity index (χ3v) is 3.83. The maximum absolute atomic E-state index is 13.9. The van der Waals surface area contributed by atoms with Gasteiger partial charge in [-0.1, -0.05) is 6.07 Å². The standard InChI is InChI=1S/C15H10FNO3S/c1-8-2-3-10(11(16)4-8)14-17-12(7-21-14)13-5-9(6-20-13)15(18)19/h2-7H,1H3,(H,18,19). The quantitative estimate of drug-likeness (QED) is 0.787. The van der Waals surface area contributed by atoms with Crippen LogP contribution in [0.1, 0.15) is 15.9 Å². The molecule has 2 heterocycles. The number of hydrogen-bond acceptors (Lipinski definition) is 4. The van der Waals surface area contributed by atoms with Crippen molar-refractivity contribution in [3.05, 3.63) is 52.9 Å². The number of carbonyl (C=O) groups is 1. The van der Waals surface area contributed by atoms with E-state index >= 15 is 0 Å². The predicted octanol–water partition coefficient (Wildman–Crippen LogP) is 4.22. The lowest BCUT2D eigenvalue weighted by Gasteiger charge is -1.99. The first kappa shape index (κ1) is 13.5. The van der Waals surface area contributed by atoms with Crippen molar-refractivity contribution in [1.29, 1.82) is 0 Å². The molecule has 0 radical (unpaired) electrons. The summed E-state index contributed by atoms with van der Waals surface area (Å²) in [4.78, 5) is 15.1. The van der Waals surface area contributed by atoms with E-state index in [0.29, 0.717) is 22.0 Å². The van der Waals surface area contributed by atoms with Gasteiger partial charge in [0.1, 0.15) is 22.8 Å². The zero-order valence-electron chi connectivity index (χ0n) is 11.0. The number of nitrogens with zero attached hydrogens (tertiary/aromatic N) is 1. The second-order valence-corrected chi connectivity index (χ2v) is 5.38. The molecule has 0 saturated heterocycles. The number of furan rings is 1. The molecule has 2 aromatic heterocycles. The molecule has 0 fully saturated rings. The van der Waals surface area contributed by atoms with Crippen molar-refractivity contribution >= 4 is 17.3 Å². The first-order valence-electron chi connectivity index (χ1n) is 6.09. The Morgan fingerprint density at radius 3 is 2.86 bits per heavy atom. The Kier molecular flexibility index (Phi) is 3.31. The van der Waals surface area contributed by atoms with Gasteiger partial charge in [0.05, 0.1) is 5.56 Å². The average molecular weight is 303 g/mol. The van der Waals surface area contributed by atoms with E-state index in [4.69, 9.17) is 9.52 Å². The second-order valence-electron chi connectivity index (χ2n) is 4.53. The van der Waals surface area contributed by atoms with Crippen molar-refractivity contribution in [3.63, 3.8) is 0 Å². The summed E-state index contributed by atoms with van der Waals surface area (Å²) in [7, 11) is 0. The number of halogens is 1. The van der Waals surface area contributed by atoms with Crippen molar-refractivity contribution < 1.29 is 18.7 Å². The molecule has 0 unspecified atom stereocenters. The van der Waals surface area contributed by atoms with E-state index in [1.807, 2.05) is 13.0 Å². The molecule has 0 amide bonds. The number of aryl methyl sites for hydroxylation is 1. The van der Waals surface area contributed by atoms with Gasteiger partial charge in [-0.2, -0.15) is 0 Å². The Balaban J connectivity index is 1.97. The molecule has 21 heavy (non-hydrogen) atoms. The molecular formula is C15H10FNO3S. The molecule has 0 aliphatic heterocycles. The molecule has 0 atom stereocenters. The van der Waals surface area contributed by atoms with Crippen LogP contribution in [0.3, 0.4) is 0 Å². The molecule has 0 bridgehead atoms. The van der Waals surface area contributed by atoms with Gasteiger partial charge in [0.15, 0.2) is 5.76 Å². The fourth-order valence-corrected chi connectivity index (χ4v) is 2.72. The van der Waals surface area contributed by atoms with Gasteiger partial charge in [0, 0.05) is 17.0 Å². The highest BCUT2D eigenvalue weighted by atomic mass is 32.1. The van der Waals surface area contributed by atoms with Gasteiger partial charge in [-0.05, 0) is 24.6 Å². The lowest BCUT2D eigenvalue weighted by atomic mass is 10.1. The molecule has 4 nitrogen and oxygen atoms in total. The summed E-state index contributed by atoms with van der Waals surface area (Å²) in [6.45, 7) is 1.82. The highest BCUT2D eigenvalue weighted by molar-refractivity contribution is 7.13. The molecule has 1 N–H and O–H groups in total. The van der Waals surface area contributed by atoms with Gasteiger partial charge in [0.25, 0.3) is 0 Å². The molecule has 0 aliphatic rings. The average Bonchev–Trinajstić information content (AvgIpc) is 3.07. The molecule has 0 spiro atoms. The van der Waals surface area contributed by atoms with Crippen molar-refractivity contribution in [2.24, 2.45) is 0 Å². The Hall–Kier alpha value is -2.47. The van der Waals surface area contributed by atoms with Gasteiger partial charge in [-0.3, -0.25) is 0 Å². The highest BCUT2D eigenvalue weighted by Gasteiger charge is 2.15. The summed E-state index contributed by atoms with van der Waals surface area (Å²) < 4.78 is 19.1. The number of carboxylic acid groups (broad SMARTS) is 1. The third kappa shape index (κ3) is 2.57. The number of rotatable bonds is 3. The SMILES string of the molecule is Cc1ccc(-c2nc(-c3cc(C(=O)O)co3)cs2)c(F)c1. The third-order valence-electron chi connectivity index (χ3n) is 2.96. The van der Waals surface area contributed by atoms with Crippen LogP contribution in [-0.4, -0.2) is 16.1 Å². The number of aromatic nitrogens is 1. The fraction of sp³-hybridized carbons (Fsp3) is 0.0667. The van der Waals surface area contributed by atoms with Crippen LogP contribution in [-0.2, 0) is 0 Å². The van der Waals surface area contributed by atoms with Gasteiger partial charge < -0.3 is 9.52 Å². The smallest absolute Gasteiger partial charge is 0.338 e. The summed E-state index contributed by atoms with van der Waals surface area (Å²) in [5.74, 6) is -1.05. The lowest BCUT2D eigenvalue weighted by Crippen LogP contribution is -1.91. The Morgan fingerprint density at radius 1 is 1.38 bits per heavy atom. The second kappa shape index (κ2) is 5.14. The topological polar surface area (TPSA) is 63.3 Å². The van der Waals surface area contributed by atoms with Crippen LogP contribution in [0.4, 0.5) is 4.39 Å². The van der Waals surface area contributed by atoms with E-state index in [2.05, 4.69) is 4.98 Å². The summed E-state index contributed by atoms with van der Waals surface area (Å²) >= 11 is 1.28. The summed E-state index contributed by atoms with van der Waals surface area (Å²) in [6, 6.07) is 6.34. The van der Waals surface area contributed by atoms with Crippen LogP contribution in [0, 0.1) is 12.7 Å². The zero-order chi connectivity index (χ0) is 15.0. The van der Waals surface area contributed by atoms with Crippen LogP contribution >= 0.6 is 11.3 Å². The lowest BCUT2D eigenvalue weighted by molar-refractivity contribution is 0.0696. The zero-order valence-corrected chi connectivity index (χ0v) is 11.8. The molecule has 1 aromatic carbocycles. The first-order valence-corrected chi connectivity index (χ1v) is 6.97. The van der Waals surface area contributed by atoms with E-state index < -0.39 is 5.97 Å². The molecule has 0 aliphatic carbocycles. The Bertz CT molecular complexity index is 822. The summed E-state index contributed by atoms with van der Waals surface area (Å²) in [6.07, 6.45) is 1.16. The number of hydrogen-bond donors (Lipinski definition) is 1. The van der Waals surface area contributed by atoms with Gasteiger partial charge >= 0.3 is 5.97 Å². The van der Waals surface area contributed by atoms with E-state index in [-0.39, 0.29) is 11.4 Å². The van der Waals surface area contributed by atoms with Crippen LogP contribution in [0.15, 0.2) is 40.3 Å². The number of thiazole rings is 1. The van der Waals surface area contributed by atoms with Crippen molar-refractivity contribution in [2.45, 2.75) is 6.92 Å². The molecular weight excluding hydrogens is 293 g/mol. The van der Waals surface area contributed by atoms with Gasteiger partial charge in [-0.15, -0.1) is 11.3 Å². The number of aromatic carboxylic acids is 1. The van der Waals surface area contributed by atoms with Crippen LogP contribution in [0.25, 0.3) is 22.0 Å². The molecule has 3 aromatic rings. The Morgan fingerprint density at radius 2 is 2.19 bits per heavy atom. The van der Waals surface area contributed by atoms with Gasteiger partial charge in [-0.25, -0.2) is 14.2 Å². The minimum atomic E-state index is -1.06. The first-order chi connectivity index (χ1) is 10.0. The van der Waals surface area contributed by atoms with Crippen LogP contribution < -0.4 is 0 Å². The van der Waals surface area contributed by atoms with E-state index in [9.17, 15) is 9.18 Å². The summed E-state index contributed by atoms with van der Waals surface area (Å²) in [5, 5.41) is 11.1. The van der Waals surface area contributed by atoms with E-state index in [0.717, 1.165) is 11.8 Å². The minimum absolute atomic E-state index is 0.0565.